The Hall–Kier alpha value is -1.76. The van der Waals surface area contributed by atoms with Crippen molar-refractivity contribution in [3.63, 3.8) is 0 Å². The molecule has 2 aromatic rings. The Morgan fingerprint density at radius 3 is 1.26 bits per heavy atom. The Morgan fingerprint density at radius 1 is 0.593 bits per heavy atom. The van der Waals surface area contributed by atoms with Crippen molar-refractivity contribution in [2.75, 3.05) is 0 Å². The quantitative estimate of drug-likeness (QED) is 0.314. The third kappa shape index (κ3) is 6.72. The molecule has 0 radical (unpaired) electrons. The van der Waals surface area contributed by atoms with Crippen LogP contribution in [0.15, 0.2) is 60.7 Å². The smallest absolute Gasteiger partial charge is 0.191 e. The maximum atomic E-state index is 5.62. The van der Waals surface area contributed by atoms with Crippen molar-refractivity contribution in [1.29, 1.82) is 0 Å². The van der Waals surface area contributed by atoms with Gasteiger partial charge in [-0.2, -0.15) is 0 Å². The summed E-state index contributed by atoms with van der Waals surface area (Å²) in [4.78, 5) is 21.9. The highest BCUT2D eigenvalue weighted by molar-refractivity contribution is 5.21. The molecule has 2 unspecified atom stereocenters. The average Bonchev–Trinajstić information content (AvgIpc) is 2.66. The lowest BCUT2D eigenvalue weighted by Crippen LogP contribution is -2.30. The lowest BCUT2D eigenvalue weighted by atomic mass is 9.99. The maximum Gasteiger partial charge on any atom is 0.191 e. The van der Waals surface area contributed by atoms with Crippen LogP contribution in [-0.2, 0) is 35.5 Å². The number of rotatable bonds is 10. The highest BCUT2D eigenvalue weighted by Gasteiger charge is 2.26. The van der Waals surface area contributed by atoms with Crippen molar-refractivity contribution in [3.05, 3.63) is 71.8 Å². The zero-order chi connectivity index (χ0) is 19.9. The minimum atomic E-state index is -0.633. The summed E-state index contributed by atoms with van der Waals surface area (Å²) in [7, 11) is 0. The SMILES string of the molecule is CC(OOC(C)(C)c1ccccc1)OC(C)OOC(C)(C)c1ccccc1. The molecular weight excluding hydrogens is 344 g/mol. The minimum Gasteiger partial charge on any atom is -0.318 e. The molecule has 5 nitrogen and oxygen atoms in total. The summed E-state index contributed by atoms with van der Waals surface area (Å²) < 4.78 is 5.62. The van der Waals surface area contributed by atoms with Crippen LogP contribution in [0.25, 0.3) is 0 Å². The molecule has 27 heavy (non-hydrogen) atoms. The minimum absolute atomic E-state index is 0.602. The van der Waals surface area contributed by atoms with E-state index in [1.165, 1.54) is 0 Å². The summed E-state index contributed by atoms with van der Waals surface area (Å²) in [6.45, 7) is 11.2. The number of benzene rings is 2. The first-order chi connectivity index (χ1) is 12.7. The fourth-order valence-electron chi connectivity index (χ4n) is 2.47. The molecule has 0 N–H and O–H groups in total. The Bertz CT molecular complexity index is 610. The molecule has 148 valence electrons. The van der Waals surface area contributed by atoms with Crippen molar-refractivity contribution in [3.8, 4) is 0 Å². The van der Waals surface area contributed by atoms with Gasteiger partial charge in [-0.15, -0.1) is 0 Å². The van der Waals surface area contributed by atoms with E-state index < -0.39 is 23.8 Å². The van der Waals surface area contributed by atoms with E-state index in [1.54, 1.807) is 13.8 Å². The molecule has 5 heteroatoms. The van der Waals surface area contributed by atoms with Crippen molar-refractivity contribution >= 4 is 0 Å². The number of ether oxygens (including phenoxy) is 1. The van der Waals surface area contributed by atoms with Gasteiger partial charge in [0.15, 0.2) is 12.6 Å². The number of hydrogen-bond acceptors (Lipinski definition) is 5. The van der Waals surface area contributed by atoms with Crippen LogP contribution >= 0.6 is 0 Å². The Balaban J connectivity index is 1.77. The van der Waals surface area contributed by atoms with E-state index in [0.29, 0.717) is 0 Å². The molecular formula is C22H30O5. The highest BCUT2D eigenvalue weighted by Crippen LogP contribution is 2.27. The van der Waals surface area contributed by atoms with Crippen LogP contribution in [0.2, 0.25) is 0 Å². The largest absolute Gasteiger partial charge is 0.318 e. The van der Waals surface area contributed by atoms with Gasteiger partial charge in [0.1, 0.15) is 11.2 Å². The van der Waals surface area contributed by atoms with Crippen LogP contribution in [0, 0.1) is 0 Å². The van der Waals surface area contributed by atoms with Crippen molar-refractivity contribution in [2.45, 2.75) is 65.3 Å². The van der Waals surface area contributed by atoms with Crippen molar-refractivity contribution < 1.29 is 24.3 Å². The molecule has 0 aliphatic carbocycles. The van der Waals surface area contributed by atoms with Gasteiger partial charge in [0.05, 0.1) is 0 Å². The van der Waals surface area contributed by atoms with Gasteiger partial charge in [-0.05, 0) is 52.7 Å². The van der Waals surface area contributed by atoms with Gasteiger partial charge in [0.25, 0.3) is 0 Å². The first kappa shape index (κ1) is 21.5. The fraction of sp³-hybridized carbons (Fsp3) is 0.455. The normalized spacial score (nSPS) is 14.7. The molecule has 0 bridgehead atoms. The zero-order valence-corrected chi connectivity index (χ0v) is 17.0. The van der Waals surface area contributed by atoms with Crippen molar-refractivity contribution in [1.82, 2.24) is 0 Å². The first-order valence-electron chi connectivity index (χ1n) is 9.16. The molecule has 2 atom stereocenters. The summed E-state index contributed by atoms with van der Waals surface area (Å²) in [5.41, 5.74) is 0.813. The Labute approximate surface area is 162 Å². The highest BCUT2D eigenvalue weighted by atomic mass is 17.3. The predicted octanol–water partition coefficient (Wildman–Crippen LogP) is 5.46. The molecule has 2 aromatic carbocycles. The lowest BCUT2D eigenvalue weighted by molar-refractivity contribution is -0.471. The summed E-state index contributed by atoms with van der Waals surface area (Å²) in [6, 6.07) is 19.7. The molecule has 0 saturated carbocycles. The fourth-order valence-corrected chi connectivity index (χ4v) is 2.47. The second-order valence-electron chi connectivity index (χ2n) is 7.38. The standard InChI is InChI=1S/C22H30O5/c1-17(24-26-21(3,4)19-13-9-7-10-14-19)23-18(2)25-27-22(5,6)20-15-11-8-12-16-20/h7-18H,1-6H3. The molecule has 0 aromatic heterocycles. The Morgan fingerprint density at radius 2 is 0.926 bits per heavy atom. The second kappa shape index (κ2) is 9.44. The topological polar surface area (TPSA) is 46.2 Å². The van der Waals surface area contributed by atoms with Gasteiger partial charge < -0.3 is 4.74 Å². The van der Waals surface area contributed by atoms with Gasteiger partial charge in [0, 0.05) is 0 Å². The lowest BCUT2D eigenvalue weighted by Gasteiger charge is -2.28. The van der Waals surface area contributed by atoms with E-state index in [4.69, 9.17) is 24.3 Å². The molecule has 0 spiro atoms. The molecule has 0 fully saturated rings. The Kier molecular flexibility index (Phi) is 7.53. The van der Waals surface area contributed by atoms with E-state index in [0.717, 1.165) is 11.1 Å². The molecule has 0 saturated heterocycles. The van der Waals surface area contributed by atoms with E-state index >= 15 is 0 Å². The summed E-state index contributed by atoms with van der Waals surface area (Å²) >= 11 is 0. The van der Waals surface area contributed by atoms with Gasteiger partial charge >= 0.3 is 0 Å². The van der Waals surface area contributed by atoms with Gasteiger partial charge in [0.2, 0.25) is 0 Å². The third-order valence-electron chi connectivity index (χ3n) is 4.11. The van der Waals surface area contributed by atoms with Crippen LogP contribution < -0.4 is 0 Å². The van der Waals surface area contributed by atoms with Crippen LogP contribution in [0.1, 0.15) is 52.7 Å². The van der Waals surface area contributed by atoms with E-state index in [2.05, 4.69) is 0 Å². The van der Waals surface area contributed by atoms with Gasteiger partial charge in [-0.3, -0.25) is 0 Å². The molecule has 0 heterocycles. The first-order valence-corrected chi connectivity index (χ1v) is 9.16. The monoisotopic (exact) mass is 374 g/mol. The average molecular weight is 374 g/mol. The van der Waals surface area contributed by atoms with Crippen LogP contribution in [-0.4, -0.2) is 12.6 Å². The second-order valence-corrected chi connectivity index (χ2v) is 7.38. The molecule has 0 aliphatic rings. The molecule has 2 rings (SSSR count). The van der Waals surface area contributed by atoms with Crippen molar-refractivity contribution in [2.24, 2.45) is 0 Å². The van der Waals surface area contributed by atoms with E-state index in [9.17, 15) is 0 Å². The van der Waals surface area contributed by atoms with Gasteiger partial charge in [-0.25, -0.2) is 19.6 Å². The van der Waals surface area contributed by atoms with E-state index in [-0.39, 0.29) is 0 Å². The van der Waals surface area contributed by atoms with Crippen LogP contribution in [0.4, 0.5) is 0 Å². The van der Waals surface area contributed by atoms with Crippen LogP contribution in [0.5, 0.6) is 0 Å². The predicted molar refractivity (Wildman–Crippen MR) is 103 cm³/mol. The van der Waals surface area contributed by atoms with Crippen LogP contribution in [0.3, 0.4) is 0 Å². The molecule has 0 aliphatic heterocycles. The number of hydrogen-bond donors (Lipinski definition) is 0. The summed E-state index contributed by atoms with van der Waals surface area (Å²) in [5, 5.41) is 0. The molecule has 0 amide bonds. The zero-order valence-electron chi connectivity index (χ0n) is 17.0. The summed E-state index contributed by atoms with van der Waals surface area (Å²) in [5.74, 6) is 0. The third-order valence-corrected chi connectivity index (χ3v) is 4.11. The summed E-state index contributed by atoms with van der Waals surface area (Å²) in [6.07, 6.45) is -1.27. The van der Waals surface area contributed by atoms with Gasteiger partial charge in [-0.1, -0.05) is 60.7 Å². The van der Waals surface area contributed by atoms with E-state index in [1.807, 2.05) is 88.4 Å². The maximum absolute atomic E-state index is 5.62.